The molecule has 0 aliphatic rings. The number of carboxylic acids is 1. The predicted molar refractivity (Wildman–Crippen MR) is 56.3 cm³/mol. The zero-order chi connectivity index (χ0) is 11.3. The van der Waals surface area contributed by atoms with Crippen molar-refractivity contribution in [3.05, 3.63) is 30.1 Å². The zero-order valence-electron chi connectivity index (χ0n) is 8.53. The molecule has 0 aromatic heterocycles. The highest BCUT2D eigenvalue weighted by Gasteiger charge is 2.14. The molecule has 0 saturated carbocycles. The summed E-state index contributed by atoms with van der Waals surface area (Å²) >= 11 is 0. The van der Waals surface area contributed by atoms with Gasteiger partial charge in [0.1, 0.15) is 5.82 Å². The minimum Gasteiger partial charge on any atom is -0.481 e. The average Bonchev–Trinajstić information content (AvgIpc) is 2.21. The van der Waals surface area contributed by atoms with Crippen LogP contribution in [0.15, 0.2) is 24.3 Å². The number of benzene rings is 1. The van der Waals surface area contributed by atoms with Crippen LogP contribution in [0.2, 0.25) is 0 Å². The molecule has 0 amide bonds. The van der Waals surface area contributed by atoms with E-state index in [4.69, 9.17) is 5.11 Å². The molecule has 3 nitrogen and oxygen atoms in total. The summed E-state index contributed by atoms with van der Waals surface area (Å²) in [6.07, 6.45) is 0.525. The number of halogens is 1. The van der Waals surface area contributed by atoms with E-state index in [1.54, 1.807) is 25.1 Å². The Morgan fingerprint density at radius 2 is 2.20 bits per heavy atom. The van der Waals surface area contributed by atoms with Gasteiger partial charge in [0.25, 0.3) is 0 Å². The first-order valence-corrected chi connectivity index (χ1v) is 4.86. The van der Waals surface area contributed by atoms with Gasteiger partial charge >= 0.3 is 5.97 Å². The Kier molecular flexibility index (Phi) is 4.09. The van der Waals surface area contributed by atoms with E-state index in [0.29, 0.717) is 12.1 Å². The Hall–Kier alpha value is -1.58. The van der Waals surface area contributed by atoms with E-state index in [1.165, 1.54) is 6.07 Å². The Bertz CT molecular complexity index is 341. The van der Waals surface area contributed by atoms with E-state index >= 15 is 0 Å². The highest BCUT2D eigenvalue weighted by Crippen LogP contribution is 2.13. The molecular formula is C11H14FNO2. The van der Waals surface area contributed by atoms with Gasteiger partial charge in [-0.15, -0.1) is 0 Å². The summed E-state index contributed by atoms with van der Waals surface area (Å²) in [6.45, 7) is 2.04. The number of nitrogens with one attached hydrogen (secondary N) is 1. The molecule has 15 heavy (non-hydrogen) atoms. The Morgan fingerprint density at radius 1 is 1.53 bits per heavy atom. The Balaban J connectivity index is 2.56. The van der Waals surface area contributed by atoms with Crippen LogP contribution in [0.5, 0.6) is 0 Å². The summed E-state index contributed by atoms with van der Waals surface area (Å²) in [5.41, 5.74) is 0.345. The monoisotopic (exact) mass is 211 g/mol. The van der Waals surface area contributed by atoms with Gasteiger partial charge in [0.05, 0.1) is 11.6 Å². The second-order valence-electron chi connectivity index (χ2n) is 3.30. The quantitative estimate of drug-likeness (QED) is 0.786. The van der Waals surface area contributed by atoms with Crippen molar-refractivity contribution in [3.63, 3.8) is 0 Å². The molecule has 1 rings (SSSR count). The third-order valence-electron chi connectivity index (χ3n) is 2.25. The van der Waals surface area contributed by atoms with Crippen molar-refractivity contribution < 1.29 is 14.3 Å². The molecule has 0 saturated heterocycles. The van der Waals surface area contributed by atoms with E-state index in [-0.39, 0.29) is 12.4 Å². The zero-order valence-corrected chi connectivity index (χ0v) is 8.53. The SMILES string of the molecule is CCC(CNc1ccccc1F)C(=O)O. The Morgan fingerprint density at radius 3 is 2.73 bits per heavy atom. The van der Waals surface area contributed by atoms with Crippen LogP contribution in [0.4, 0.5) is 10.1 Å². The maximum Gasteiger partial charge on any atom is 0.308 e. The van der Waals surface area contributed by atoms with Gasteiger partial charge in [0.15, 0.2) is 0 Å². The molecule has 4 heteroatoms. The lowest BCUT2D eigenvalue weighted by molar-refractivity contribution is -0.141. The van der Waals surface area contributed by atoms with Crippen LogP contribution in [0.25, 0.3) is 0 Å². The number of anilines is 1. The largest absolute Gasteiger partial charge is 0.481 e. The highest BCUT2D eigenvalue weighted by atomic mass is 19.1. The molecule has 0 radical (unpaired) electrons. The van der Waals surface area contributed by atoms with Crippen LogP contribution in [-0.4, -0.2) is 17.6 Å². The van der Waals surface area contributed by atoms with E-state index in [2.05, 4.69) is 5.32 Å². The van der Waals surface area contributed by atoms with Gasteiger partial charge < -0.3 is 10.4 Å². The fourth-order valence-electron chi connectivity index (χ4n) is 1.24. The number of rotatable bonds is 5. The normalized spacial score (nSPS) is 12.1. The molecule has 1 unspecified atom stereocenters. The van der Waals surface area contributed by atoms with Crippen molar-refractivity contribution in [2.45, 2.75) is 13.3 Å². The van der Waals surface area contributed by atoms with E-state index in [9.17, 15) is 9.18 Å². The first-order chi connectivity index (χ1) is 7.15. The van der Waals surface area contributed by atoms with E-state index in [0.717, 1.165) is 0 Å². The van der Waals surface area contributed by atoms with Gasteiger partial charge in [-0.1, -0.05) is 19.1 Å². The first kappa shape index (κ1) is 11.5. The van der Waals surface area contributed by atoms with E-state index in [1.807, 2.05) is 0 Å². The maximum absolute atomic E-state index is 13.1. The van der Waals surface area contributed by atoms with Crippen molar-refractivity contribution in [2.75, 3.05) is 11.9 Å². The lowest BCUT2D eigenvalue weighted by Crippen LogP contribution is -2.22. The molecule has 82 valence electrons. The number of hydrogen-bond donors (Lipinski definition) is 2. The van der Waals surface area contributed by atoms with Crippen LogP contribution in [0, 0.1) is 11.7 Å². The molecule has 1 aromatic rings. The van der Waals surface area contributed by atoms with Crippen LogP contribution in [0.1, 0.15) is 13.3 Å². The summed E-state index contributed by atoms with van der Waals surface area (Å²) in [7, 11) is 0. The van der Waals surface area contributed by atoms with Crippen molar-refractivity contribution >= 4 is 11.7 Å². The number of hydrogen-bond acceptors (Lipinski definition) is 2. The van der Waals surface area contributed by atoms with Gasteiger partial charge in [0, 0.05) is 6.54 Å². The third kappa shape index (κ3) is 3.23. The fraction of sp³-hybridized carbons (Fsp3) is 0.364. The second kappa shape index (κ2) is 5.34. The molecule has 1 aromatic carbocycles. The summed E-state index contributed by atoms with van der Waals surface area (Å²) in [4.78, 5) is 10.7. The van der Waals surface area contributed by atoms with Gasteiger partial charge in [-0.25, -0.2) is 4.39 Å². The number of carboxylic acid groups (broad SMARTS) is 1. The van der Waals surface area contributed by atoms with Crippen LogP contribution < -0.4 is 5.32 Å². The first-order valence-electron chi connectivity index (χ1n) is 4.86. The predicted octanol–water partition coefficient (Wildman–Crippen LogP) is 2.35. The molecule has 0 aliphatic carbocycles. The van der Waals surface area contributed by atoms with E-state index < -0.39 is 11.9 Å². The lowest BCUT2D eigenvalue weighted by Gasteiger charge is -2.12. The van der Waals surface area contributed by atoms with Gasteiger partial charge in [-0.3, -0.25) is 4.79 Å². The highest BCUT2D eigenvalue weighted by molar-refractivity contribution is 5.70. The van der Waals surface area contributed by atoms with Gasteiger partial charge in [-0.2, -0.15) is 0 Å². The topological polar surface area (TPSA) is 49.3 Å². The smallest absolute Gasteiger partial charge is 0.308 e. The van der Waals surface area contributed by atoms with Crippen molar-refractivity contribution in [1.82, 2.24) is 0 Å². The maximum atomic E-state index is 13.1. The van der Waals surface area contributed by atoms with Crippen LogP contribution >= 0.6 is 0 Å². The fourth-order valence-corrected chi connectivity index (χ4v) is 1.24. The second-order valence-corrected chi connectivity index (χ2v) is 3.30. The third-order valence-corrected chi connectivity index (χ3v) is 2.25. The van der Waals surface area contributed by atoms with Crippen LogP contribution in [-0.2, 0) is 4.79 Å². The summed E-state index contributed by atoms with van der Waals surface area (Å²) in [5.74, 6) is -1.70. The minimum atomic E-state index is -0.860. The van der Waals surface area contributed by atoms with Crippen molar-refractivity contribution in [2.24, 2.45) is 5.92 Å². The lowest BCUT2D eigenvalue weighted by atomic mass is 10.1. The number of carbonyl (C=O) groups is 1. The molecular weight excluding hydrogens is 197 g/mol. The molecule has 0 heterocycles. The number of aliphatic carboxylic acids is 1. The standard InChI is InChI=1S/C11H14FNO2/c1-2-8(11(14)15)7-13-10-6-4-3-5-9(10)12/h3-6,8,13H,2,7H2,1H3,(H,14,15). The van der Waals surface area contributed by atoms with Gasteiger partial charge in [0.2, 0.25) is 0 Å². The van der Waals surface area contributed by atoms with Crippen LogP contribution in [0.3, 0.4) is 0 Å². The molecule has 1 atom stereocenters. The molecule has 0 fully saturated rings. The Labute approximate surface area is 87.9 Å². The van der Waals surface area contributed by atoms with Gasteiger partial charge in [-0.05, 0) is 18.6 Å². The van der Waals surface area contributed by atoms with Crippen molar-refractivity contribution in [1.29, 1.82) is 0 Å². The molecule has 2 N–H and O–H groups in total. The molecule has 0 spiro atoms. The average molecular weight is 211 g/mol. The summed E-state index contributed by atoms with van der Waals surface area (Å²) < 4.78 is 13.1. The summed E-state index contributed by atoms with van der Waals surface area (Å²) in [6, 6.07) is 6.22. The molecule has 0 bridgehead atoms. The van der Waals surface area contributed by atoms with Crippen molar-refractivity contribution in [3.8, 4) is 0 Å². The number of para-hydroxylation sites is 1. The summed E-state index contributed by atoms with van der Waals surface area (Å²) in [5, 5.41) is 11.6. The minimum absolute atomic E-state index is 0.243. The molecule has 0 aliphatic heterocycles.